The van der Waals surface area contributed by atoms with E-state index in [0.717, 1.165) is 32.3 Å². The Balaban J connectivity index is 1.63. The van der Waals surface area contributed by atoms with E-state index in [4.69, 9.17) is 19.0 Å². The molecule has 0 aromatic heterocycles. The van der Waals surface area contributed by atoms with Gasteiger partial charge >= 0.3 is 0 Å². The Hall–Kier alpha value is 0.0569. The van der Waals surface area contributed by atoms with Crippen LogP contribution in [-0.2, 0) is 13.9 Å². The molecule has 1 N–H and O–H groups in total. The van der Waals surface area contributed by atoms with E-state index in [1.807, 2.05) is 0 Å². The lowest BCUT2D eigenvalue weighted by molar-refractivity contribution is 0.116. The van der Waals surface area contributed by atoms with E-state index in [9.17, 15) is 0 Å². The SMILES string of the molecule is OCCO[SiH2]CCCOCC1CO1. The van der Waals surface area contributed by atoms with Gasteiger partial charge in [0.1, 0.15) is 6.10 Å². The van der Waals surface area contributed by atoms with Crippen LogP contribution < -0.4 is 0 Å². The first-order valence-electron chi connectivity index (χ1n) is 4.81. The molecule has 0 aromatic rings. The van der Waals surface area contributed by atoms with E-state index in [-0.39, 0.29) is 6.61 Å². The first-order chi connectivity index (χ1) is 6.43. The van der Waals surface area contributed by atoms with Gasteiger partial charge in [-0.3, -0.25) is 0 Å². The van der Waals surface area contributed by atoms with Gasteiger partial charge < -0.3 is 19.0 Å². The normalized spacial score (nSPS) is 21.5. The van der Waals surface area contributed by atoms with Gasteiger partial charge in [-0.25, -0.2) is 0 Å². The fourth-order valence-corrected chi connectivity index (χ4v) is 1.90. The van der Waals surface area contributed by atoms with Gasteiger partial charge in [-0.1, -0.05) is 0 Å². The number of aliphatic hydroxyl groups excluding tert-OH is 1. The molecule has 1 unspecified atom stereocenters. The molecule has 1 fully saturated rings. The second kappa shape index (κ2) is 7.46. The third-order valence-electron chi connectivity index (χ3n) is 1.77. The Bertz CT molecular complexity index is 119. The highest BCUT2D eigenvalue weighted by Crippen LogP contribution is 2.08. The second-order valence-corrected chi connectivity index (χ2v) is 4.60. The fraction of sp³-hybridized carbons (Fsp3) is 1.00. The summed E-state index contributed by atoms with van der Waals surface area (Å²) in [5, 5.41) is 8.43. The Kier molecular flexibility index (Phi) is 6.39. The predicted molar refractivity (Wildman–Crippen MR) is 51.6 cm³/mol. The van der Waals surface area contributed by atoms with E-state index in [2.05, 4.69) is 0 Å². The monoisotopic (exact) mass is 206 g/mol. The molecule has 0 spiro atoms. The van der Waals surface area contributed by atoms with Crippen molar-refractivity contribution in [3.05, 3.63) is 0 Å². The third kappa shape index (κ3) is 7.15. The Morgan fingerprint density at radius 1 is 1.46 bits per heavy atom. The molecule has 78 valence electrons. The zero-order valence-electron chi connectivity index (χ0n) is 7.91. The van der Waals surface area contributed by atoms with Crippen LogP contribution in [0.5, 0.6) is 0 Å². The number of hydrogen-bond donors (Lipinski definition) is 1. The van der Waals surface area contributed by atoms with Crippen molar-refractivity contribution in [1.29, 1.82) is 0 Å². The van der Waals surface area contributed by atoms with Gasteiger partial charge in [0.25, 0.3) is 0 Å². The van der Waals surface area contributed by atoms with Gasteiger partial charge in [0.15, 0.2) is 9.76 Å². The van der Waals surface area contributed by atoms with Crippen LogP contribution in [0.2, 0.25) is 6.04 Å². The van der Waals surface area contributed by atoms with Crippen LogP contribution in [0.15, 0.2) is 0 Å². The lowest BCUT2D eigenvalue weighted by atomic mass is 10.5. The zero-order valence-corrected chi connectivity index (χ0v) is 9.32. The highest BCUT2D eigenvalue weighted by molar-refractivity contribution is 6.26. The topological polar surface area (TPSA) is 51.2 Å². The largest absolute Gasteiger partial charge is 0.422 e. The summed E-state index contributed by atoms with van der Waals surface area (Å²) in [6.45, 7) is 3.08. The molecule has 1 aliphatic heterocycles. The molecule has 1 atom stereocenters. The van der Waals surface area contributed by atoms with Crippen molar-refractivity contribution in [2.24, 2.45) is 0 Å². The molecule has 13 heavy (non-hydrogen) atoms. The number of epoxide rings is 1. The molecular weight excluding hydrogens is 188 g/mol. The molecule has 1 saturated heterocycles. The minimum Gasteiger partial charge on any atom is -0.422 e. The molecule has 0 bridgehead atoms. The molecule has 1 aliphatic rings. The molecule has 4 nitrogen and oxygen atoms in total. The minimum absolute atomic E-state index is 0.141. The first-order valence-corrected chi connectivity index (χ1v) is 6.39. The average Bonchev–Trinajstić information content (AvgIpc) is 2.93. The first kappa shape index (κ1) is 11.1. The second-order valence-electron chi connectivity index (χ2n) is 3.07. The van der Waals surface area contributed by atoms with E-state index in [1.165, 1.54) is 0 Å². The van der Waals surface area contributed by atoms with E-state index in [0.29, 0.717) is 12.7 Å². The summed E-state index contributed by atoms with van der Waals surface area (Å²) in [6, 6.07) is 1.13. The van der Waals surface area contributed by atoms with Gasteiger partial charge in [0.05, 0.1) is 26.4 Å². The maximum absolute atomic E-state index is 8.43. The average molecular weight is 206 g/mol. The van der Waals surface area contributed by atoms with Crippen molar-refractivity contribution in [3.8, 4) is 0 Å². The maximum Gasteiger partial charge on any atom is 0.161 e. The van der Waals surface area contributed by atoms with Crippen LogP contribution in [0.25, 0.3) is 0 Å². The molecule has 0 saturated carbocycles. The minimum atomic E-state index is -0.403. The Morgan fingerprint density at radius 2 is 2.31 bits per heavy atom. The summed E-state index contributed by atoms with van der Waals surface area (Å²) in [7, 11) is -0.403. The van der Waals surface area contributed by atoms with Crippen LogP contribution in [0, 0.1) is 0 Å². The van der Waals surface area contributed by atoms with Crippen molar-refractivity contribution in [1.82, 2.24) is 0 Å². The summed E-state index contributed by atoms with van der Waals surface area (Å²) in [5.41, 5.74) is 0. The lowest BCUT2D eigenvalue weighted by Gasteiger charge is -2.02. The third-order valence-corrected chi connectivity index (χ3v) is 3.14. The van der Waals surface area contributed by atoms with Gasteiger partial charge in [-0.05, 0) is 12.5 Å². The standard InChI is InChI=1S/C8H18O4Si/c9-2-4-12-13-5-1-3-10-6-8-7-11-8/h8-9H,1-7,13H2. The smallest absolute Gasteiger partial charge is 0.161 e. The van der Waals surface area contributed by atoms with Crippen LogP contribution in [0.3, 0.4) is 0 Å². The van der Waals surface area contributed by atoms with Gasteiger partial charge in [-0.2, -0.15) is 0 Å². The Morgan fingerprint density at radius 3 is 3.00 bits per heavy atom. The predicted octanol–water partition coefficient (Wildman–Crippen LogP) is -0.697. The molecule has 0 aliphatic carbocycles. The van der Waals surface area contributed by atoms with E-state index < -0.39 is 9.76 Å². The fourth-order valence-electron chi connectivity index (χ4n) is 0.954. The molecule has 0 amide bonds. The Labute approximate surface area is 81.1 Å². The van der Waals surface area contributed by atoms with Crippen LogP contribution in [-0.4, -0.2) is 54.0 Å². The summed E-state index contributed by atoms with van der Waals surface area (Å²) in [5.74, 6) is 0. The highest BCUT2D eigenvalue weighted by Gasteiger charge is 2.21. The number of hydrogen-bond acceptors (Lipinski definition) is 4. The van der Waals surface area contributed by atoms with Crippen LogP contribution in [0.4, 0.5) is 0 Å². The van der Waals surface area contributed by atoms with Crippen LogP contribution in [0.1, 0.15) is 6.42 Å². The van der Waals surface area contributed by atoms with Crippen molar-refractivity contribution >= 4 is 9.76 Å². The highest BCUT2D eigenvalue weighted by atomic mass is 28.2. The molecular formula is C8H18O4Si. The summed E-state index contributed by atoms with van der Waals surface area (Å²) in [6.07, 6.45) is 1.45. The van der Waals surface area contributed by atoms with Gasteiger partial charge in [-0.15, -0.1) is 0 Å². The van der Waals surface area contributed by atoms with Gasteiger partial charge in [0.2, 0.25) is 0 Å². The van der Waals surface area contributed by atoms with Gasteiger partial charge in [0, 0.05) is 6.61 Å². The molecule has 1 heterocycles. The molecule has 0 aromatic carbocycles. The van der Waals surface area contributed by atoms with Crippen molar-refractivity contribution in [2.45, 2.75) is 18.6 Å². The van der Waals surface area contributed by atoms with Crippen LogP contribution >= 0.6 is 0 Å². The lowest BCUT2D eigenvalue weighted by Crippen LogP contribution is -2.06. The van der Waals surface area contributed by atoms with Crippen molar-refractivity contribution in [2.75, 3.05) is 33.0 Å². The van der Waals surface area contributed by atoms with Crippen molar-refractivity contribution in [3.63, 3.8) is 0 Å². The number of aliphatic hydroxyl groups is 1. The summed E-state index contributed by atoms with van der Waals surface area (Å²) >= 11 is 0. The zero-order chi connectivity index (χ0) is 9.36. The number of ether oxygens (including phenoxy) is 2. The number of rotatable bonds is 9. The van der Waals surface area contributed by atoms with E-state index in [1.54, 1.807) is 0 Å². The molecule has 0 radical (unpaired) electrons. The molecule has 1 rings (SSSR count). The summed E-state index contributed by atoms with van der Waals surface area (Å²) < 4.78 is 15.6. The van der Waals surface area contributed by atoms with E-state index >= 15 is 0 Å². The van der Waals surface area contributed by atoms with Crippen molar-refractivity contribution < 1.29 is 19.0 Å². The summed E-state index contributed by atoms with van der Waals surface area (Å²) in [4.78, 5) is 0. The maximum atomic E-state index is 8.43. The quantitative estimate of drug-likeness (QED) is 0.308. The molecule has 5 heteroatoms.